The molecule has 3 aromatic rings. The molecule has 0 aromatic carbocycles. The fourth-order valence-corrected chi connectivity index (χ4v) is 5.18. The number of aromatic nitrogens is 2. The summed E-state index contributed by atoms with van der Waals surface area (Å²) in [6.45, 7) is 6.20. The van der Waals surface area contributed by atoms with Gasteiger partial charge < -0.3 is 10.1 Å². The van der Waals surface area contributed by atoms with E-state index < -0.39 is 0 Å². The van der Waals surface area contributed by atoms with Crippen molar-refractivity contribution in [2.24, 2.45) is 0 Å². The molecule has 10 heteroatoms. The molecule has 0 atom stereocenters. The minimum atomic E-state index is -0.389. The van der Waals surface area contributed by atoms with Crippen LogP contribution in [0.15, 0.2) is 27.5 Å². The number of ether oxygens (including phenoxy) is 1. The molecule has 7 nitrogen and oxygen atoms in total. The first-order chi connectivity index (χ1) is 13.4. The maximum Gasteiger partial charge on any atom is 0.348 e. The van der Waals surface area contributed by atoms with Crippen molar-refractivity contribution in [2.45, 2.75) is 32.5 Å². The number of thioether (sulfide) groups is 1. The van der Waals surface area contributed by atoms with Gasteiger partial charge in [-0.1, -0.05) is 11.8 Å². The van der Waals surface area contributed by atoms with Crippen molar-refractivity contribution >= 4 is 61.5 Å². The summed E-state index contributed by atoms with van der Waals surface area (Å²) >= 11 is 3.77. The van der Waals surface area contributed by atoms with E-state index in [1.54, 1.807) is 30.5 Å². The molecule has 28 heavy (non-hydrogen) atoms. The molecule has 1 N–H and O–H groups in total. The zero-order chi connectivity index (χ0) is 20.3. The average Bonchev–Trinajstić information content (AvgIpc) is 3.27. The summed E-state index contributed by atoms with van der Waals surface area (Å²) in [5.41, 5.74) is 1.32. The Balaban J connectivity index is 1.70. The molecule has 0 unspecified atom stereocenters. The van der Waals surface area contributed by atoms with E-state index >= 15 is 0 Å². The average molecular weight is 438 g/mol. The number of rotatable bonds is 7. The summed E-state index contributed by atoms with van der Waals surface area (Å²) in [6, 6.07) is 3.55. The van der Waals surface area contributed by atoms with Gasteiger partial charge in [0.1, 0.15) is 9.58 Å². The number of nitrogens with one attached hydrogen (secondary N) is 1. The molecule has 0 aliphatic heterocycles. The lowest BCUT2D eigenvalue weighted by atomic mass is 10.3. The van der Waals surface area contributed by atoms with E-state index in [1.165, 1.54) is 34.4 Å². The van der Waals surface area contributed by atoms with Crippen molar-refractivity contribution in [3.63, 3.8) is 0 Å². The van der Waals surface area contributed by atoms with Crippen LogP contribution < -0.4 is 10.9 Å². The fraction of sp³-hybridized carbons (Fsp3) is 0.333. The highest BCUT2D eigenvalue weighted by Gasteiger charge is 2.17. The van der Waals surface area contributed by atoms with E-state index in [0.717, 1.165) is 5.56 Å². The lowest BCUT2D eigenvalue weighted by Crippen LogP contribution is -2.22. The summed E-state index contributed by atoms with van der Waals surface area (Å²) in [6.07, 6.45) is 0. The molecular formula is C18H19N3O4S3. The third-order valence-corrected chi connectivity index (χ3v) is 6.82. The van der Waals surface area contributed by atoms with Crippen LogP contribution in [-0.4, -0.2) is 33.8 Å². The Hall–Kier alpha value is -2.17. The van der Waals surface area contributed by atoms with Crippen LogP contribution in [0.3, 0.4) is 0 Å². The lowest BCUT2D eigenvalue weighted by molar-refractivity contribution is -0.113. The molecule has 0 fully saturated rings. The van der Waals surface area contributed by atoms with Gasteiger partial charge in [0, 0.05) is 6.54 Å². The second kappa shape index (κ2) is 8.89. The molecule has 0 aliphatic carbocycles. The van der Waals surface area contributed by atoms with E-state index in [1.807, 2.05) is 12.3 Å². The Bertz CT molecular complexity index is 1080. The van der Waals surface area contributed by atoms with Crippen LogP contribution in [0.2, 0.25) is 0 Å². The van der Waals surface area contributed by atoms with Crippen LogP contribution in [0.4, 0.5) is 5.00 Å². The number of fused-ring (bicyclic) bond motifs is 1. The van der Waals surface area contributed by atoms with Gasteiger partial charge in [0.2, 0.25) is 5.91 Å². The Labute approximate surface area is 173 Å². The molecule has 0 aliphatic rings. The number of anilines is 1. The van der Waals surface area contributed by atoms with Crippen molar-refractivity contribution in [2.75, 3.05) is 17.7 Å². The molecule has 1 amide bonds. The number of carbonyl (C=O) groups is 2. The zero-order valence-electron chi connectivity index (χ0n) is 15.6. The summed E-state index contributed by atoms with van der Waals surface area (Å²) in [5, 5.41) is 5.73. The standard InChI is InChI=1S/C18H19N3O4S3/c1-4-21-16(23)15-11(6-7-26-15)19-18(21)27-9-12(22)20-13-8-10(3)14(28-13)17(24)25-5-2/h6-8H,4-5,9H2,1-3H3,(H,20,22). The van der Waals surface area contributed by atoms with Gasteiger partial charge in [0.15, 0.2) is 5.16 Å². The summed E-state index contributed by atoms with van der Waals surface area (Å²) in [7, 11) is 0. The number of aryl methyl sites for hydroxylation is 1. The molecule has 148 valence electrons. The van der Waals surface area contributed by atoms with Crippen LogP contribution in [0, 0.1) is 6.92 Å². The monoisotopic (exact) mass is 437 g/mol. The Morgan fingerprint density at radius 3 is 2.86 bits per heavy atom. The normalized spacial score (nSPS) is 11.0. The van der Waals surface area contributed by atoms with Crippen LogP contribution in [0.25, 0.3) is 10.2 Å². The Morgan fingerprint density at radius 1 is 1.36 bits per heavy atom. The maximum atomic E-state index is 12.5. The van der Waals surface area contributed by atoms with E-state index in [-0.39, 0.29) is 23.2 Å². The topological polar surface area (TPSA) is 90.3 Å². The summed E-state index contributed by atoms with van der Waals surface area (Å²) in [5.74, 6) is -0.516. The predicted molar refractivity (Wildman–Crippen MR) is 114 cm³/mol. The van der Waals surface area contributed by atoms with Crippen molar-refractivity contribution in [1.29, 1.82) is 0 Å². The number of hydrogen-bond acceptors (Lipinski definition) is 8. The quantitative estimate of drug-likeness (QED) is 0.344. The summed E-state index contributed by atoms with van der Waals surface area (Å²) in [4.78, 5) is 41.7. The molecular weight excluding hydrogens is 418 g/mol. The second-order valence-corrected chi connectivity index (χ2v) is 8.67. The van der Waals surface area contributed by atoms with Gasteiger partial charge in [-0.2, -0.15) is 0 Å². The molecule has 3 heterocycles. The number of carbonyl (C=O) groups excluding carboxylic acids is 2. The molecule has 0 spiro atoms. The first-order valence-corrected chi connectivity index (χ1v) is 11.3. The highest BCUT2D eigenvalue weighted by atomic mass is 32.2. The fourth-order valence-electron chi connectivity index (χ4n) is 2.56. The van der Waals surface area contributed by atoms with Gasteiger partial charge in [0.25, 0.3) is 5.56 Å². The third kappa shape index (κ3) is 4.29. The van der Waals surface area contributed by atoms with Crippen molar-refractivity contribution in [3.8, 4) is 0 Å². The zero-order valence-corrected chi connectivity index (χ0v) is 18.1. The lowest BCUT2D eigenvalue weighted by Gasteiger charge is -2.09. The van der Waals surface area contributed by atoms with Gasteiger partial charge in [-0.15, -0.1) is 22.7 Å². The Morgan fingerprint density at radius 2 is 2.14 bits per heavy atom. The van der Waals surface area contributed by atoms with Crippen molar-refractivity contribution in [1.82, 2.24) is 9.55 Å². The second-order valence-electron chi connectivity index (χ2n) is 5.76. The van der Waals surface area contributed by atoms with Crippen LogP contribution >= 0.6 is 34.4 Å². The van der Waals surface area contributed by atoms with E-state index in [0.29, 0.717) is 38.4 Å². The molecule has 0 saturated carbocycles. The number of nitrogens with zero attached hydrogens (tertiary/aromatic N) is 2. The van der Waals surface area contributed by atoms with Gasteiger partial charge in [-0.05, 0) is 43.8 Å². The number of esters is 1. The van der Waals surface area contributed by atoms with Crippen LogP contribution in [0.1, 0.15) is 29.1 Å². The maximum absolute atomic E-state index is 12.5. The molecule has 0 radical (unpaired) electrons. The number of thiophene rings is 2. The van der Waals surface area contributed by atoms with Gasteiger partial charge in [0.05, 0.1) is 22.9 Å². The van der Waals surface area contributed by atoms with Crippen LogP contribution in [0.5, 0.6) is 0 Å². The van der Waals surface area contributed by atoms with Gasteiger partial charge in [-0.25, -0.2) is 9.78 Å². The number of hydrogen-bond donors (Lipinski definition) is 1. The van der Waals surface area contributed by atoms with Crippen LogP contribution in [-0.2, 0) is 16.1 Å². The third-order valence-electron chi connectivity index (χ3n) is 3.82. The first kappa shape index (κ1) is 20.6. The van der Waals surface area contributed by atoms with Gasteiger partial charge >= 0.3 is 5.97 Å². The number of amides is 1. The highest BCUT2D eigenvalue weighted by Crippen LogP contribution is 2.28. The summed E-state index contributed by atoms with van der Waals surface area (Å²) < 4.78 is 7.21. The minimum Gasteiger partial charge on any atom is -0.462 e. The molecule has 3 aromatic heterocycles. The van der Waals surface area contributed by atoms with Crippen molar-refractivity contribution in [3.05, 3.63) is 38.3 Å². The molecule has 3 rings (SSSR count). The van der Waals surface area contributed by atoms with E-state index in [4.69, 9.17) is 4.74 Å². The largest absolute Gasteiger partial charge is 0.462 e. The smallest absolute Gasteiger partial charge is 0.348 e. The van der Waals surface area contributed by atoms with E-state index in [2.05, 4.69) is 10.3 Å². The SMILES string of the molecule is CCOC(=O)c1sc(NC(=O)CSc2nc3ccsc3c(=O)n2CC)cc1C. The van der Waals surface area contributed by atoms with E-state index in [9.17, 15) is 14.4 Å². The highest BCUT2D eigenvalue weighted by molar-refractivity contribution is 7.99. The first-order valence-electron chi connectivity index (χ1n) is 8.62. The van der Waals surface area contributed by atoms with Crippen molar-refractivity contribution < 1.29 is 14.3 Å². The van der Waals surface area contributed by atoms with Gasteiger partial charge in [-0.3, -0.25) is 14.2 Å². The predicted octanol–water partition coefficient (Wildman–Crippen LogP) is 3.76. The minimum absolute atomic E-state index is 0.0848. The Kier molecular flexibility index (Phi) is 6.53. The molecule has 0 saturated heterocycles. The molecule has 0 bridgehead atoms.